The van der Waals surface area contributed by atoms with Crippen LogP contribution in [0, 0.1) is 6.92 Å². The predicted molar refractivity (Wildman–Crippen MR) is 145 cm³/mol. The molecule has 34 heavy (non-hydrogen) atoms. The molecular formula is C32H22Cl2. The third kappa shape index (κ3) is 3.64. The van der Waals surface area contributed by atoms with Crippen LogP contribution >= 0.6 is 23.2 Å². The second-order valence-electron chi connectivity index (χ2n) is 8.93. The van der Waals surface area contributed by atoms with E-state index in [0.717, 1.165) is 15.6 Å². The van der Waals surface area contributed by atoms with E-state index in [4.69, 9.17) is 23.2 Å². The topological polar surface area (TPSA) is 0 Å². The van der Waals surface area contributed by atoms with Gasteiger partial charge in [-0.25, -0.2) is 0 Å². The third-order valence-corrected chi connectivity index (χ3v) is 7.25. The molecule has 6 rings (SSSR count). The van der Waals surface area contributed by atoms with Gasteiger partial charge in [-0.3, -0.25) is 0 Å². The Kier molecular flexibility index (Phi) is 5.29. The maximum Gasteiger partial charge on any atom is 0.0406 e. The summed E-state index contributed by atoms with van der Waals surface area (Å²) in [6.07, 6.45) is 0. The Bertz CT molecular complexity index is 1500. The van der Waals surface area contributed by atoms with Crippen LogP contribution in [0.15, 0.2) is 109 Å². The fraction of sp³-hybridized carbons (Fsp3) is 0.0625. The molecule has 0 bridgehead atoms. The lowest BCUT2D eigenvalue weighted by atomic mass is 9.83. The van der Waals surface area contributed by atoms with Gasteiger partial charge in [-0.05, 0) is 93.4 Å². The minimum atomic E-state index is 0.150. The Morgan fingerprint density at radius 3 is 1.88 bits per heavy atom. The molecule has 0 aromatic heterocycles. The zero-order chi connectivity index (χ0) is 23.2. The van der Waals surface area contributed by atoms with E-state index >= 15 is 0 Å². The number of fused-ring (bicyclic) bond motifs is 3. The van der Waals surface area contributed by atoms with Crippen LogP contribution in [-0.4, -0.2) is 0 Å². The van der Waals surface area contributed by atoms with Gasteiger partial charge in [0.1, 0.15) is 0 Å². The van der Waals surface area contributed by atoms with E-state index < -0.39 is 0 Å². The molecule has 1 aliphatic carbocycles. The zero-order valence-corrected chi connectivity index (χ0v) is 20.2. The van der Waals surface area contributed by atoms with Gasteiger partial charge in [0.15, 0.2) is 0 Å². The second kappa shape index (κ2) is 8.47. The lowest BCUT2D eigenvalue weighted by Gasteiger charge is -2.20. The van der Waals surface area contributed by atoms with Crippen LogP contribution in [0.25, 0.3) is 33.4 Å². The van der Waals surface area contributed by atoms with Crippen molar-refractivity contribution in [2.75, 3.05) is 0 Å². The monoisotopic (exact) mass is 476 g/mol. The van der Waals surface area contributed by atoms with Gasteiger partial charge in [-0.15, -0.1) is 0 Å². The molecule has 1 atom stereocenters. The Morgan fingerprint density at radius 1 is 0.529 bits per heavy atom. The van der Waals surface area contributed by atoms with Crippen LogP contribution in [0.4, 0.5) is 0 Å². The normalized spacial score (nSPS) is 14.0. The molecule has 0 fully saturated rings. The summed E-state index contributed by atoms with van der Waals surface area (Å²) in [6.45, 7) is 2.17. The van der Waals surface area contributed by atoms with Gasteiger partial charge in [0.05, 0.1) is 0 Å². The van der Waals surface area contributed by atoms with Crippen molar-refractivity contribution in [3.63, 3.8) is 0 Å². The van der Waals surface area contributed by atoms with Gasteiger partial charge in [0.25, 0.3) is 0 Å². The number of hydrogen-bond acceptors (Lipinski definition) is 0. The quantitative estimate of drug-likeness (QED) is 0.238. The summed E-state index contributed by atoms with van der Waals surface area (Å²) >= 11 is 12.5. The molecule has 0 amide bonds. The van der Waals surface area contributed by atoms with Crippen LogP contribution in [-0.2, 0) is 0 Å². The van der Waals surface area contributed by atoms with Crippen molar-refractivity contribution < 1.29 is 0 Å². The predicted octanol–water partition coefficient (Wildman–Crippen LogP) is 9.80. The maximum atomic E-state index is 6.26. The summed E-state index contributed by atoms with van der Waals surface area (Å²) in [5.41, 5.74) is 12.7. The molecule has 0 nitrogen and oxygen atoms in total. The van der Waals surface area contributed by atoms with Gasteiger partial charge >= 0.3 is 0 Å². The van der Waals surface area contributed by atoms with E-state index in [2.05, 4.69) is 91.9 Å². The number of benzene rings is 5. The Hall–Kier alpha value is -3.32. The van der Waals surface area contributed by atoms with Crippen molar-refractivity contribution in [3.8, 4) is 33.4 Å². The molecule has 5 aromatic rings. The molecule has 0 heterocycles. The van der Waals surface area contributed by atoms with Crippen molar-refractivity contribution in [2.45, 2.75) is 12.8 Å². The van der Waals surface area contributed by atoms with E-state index in [0.29, 0.717) is 0 Å². The average molecular weight is 477 g/mol. The van der Waals surface area contributed by atoms with Crippen molar-refractivity contribution in [1.82, 2.24) is 0 Å². The smallest absolute Gasteiger partial charge is 0.0406 e. The molecule has 1 aliphatic rings. The highest BCUT2D eigenvalue weighted by Gasteiger charge is 2.33. The van der Waals surface area contributed by atoms with Gasteiger partial charge in [0, 0.05) is 16.0 Å². The van der Waals surface area contributed by atoms with Crippen molar-refractivity contribution in [3.05, 3.63) is 141 Å². The molecule has 164 valence electrons. The Labute approximate surface area is 210 Å². The van der Waals surface area contributed by atoms with Crippen LogP contribution in [0.5, 0.6) is 0 Å². The highest BCUT2D eigenvalue weighted by Crippen LogP contribution is 2.53. The van der Waals surface area contributed by atoms with Crippen LogP contribution in [0.1, 0.15) is 28.2 Å². The van der Waals surface area contributed by atoms with Gasteiger partial charge < -0.3 is 0 Å². The van der Waals surface area contributed by atoms with Crippen LogP contribution in [0.3, 0.4) is 0 Å². The van der Waals surface area contributed by atoms with Gasteiger partial charge in [-0.2, -0.15) is 0 Å². The SMILES string of the molecule is Cc1ccc2c(c1)C(c1ccc(Cl)cc1)c1c(-c3ccccc3)cc(-c3ccc(Cl)cc3)cc1-2. The Balaban J connectivity index is 1.68. The maximum absolute atomic E-state index is 6.26. The van der Waals surface area contributed by atoms with Gasteiger partial charge in [0.2, 0.25) is 0 Å². The number of rotatable bonds is 3. The summed E-state index contributed by atoms with van der Waals surface area (Å²) in [6, 6.07) is 38.6. The van der Waals surface area contributed by atoms with E-state index in [1.807, 2.05) is 24.3 Å². The number of hydrogen-bond donors (Lipinski definition) is 0. The summed E-state index contributed by atoms with van der Waals surface area (Å²) in [4.78, 5) is 0. The summed E-state index contributed by atoms with van der Waals surface area (Å²) in [5.74, 6) is 0.150. The standard InChI is InChI=1S/C32H22Cl2/c1-20-7-16-27-29(17-20)31(23-10-14-26(34)15-11-23)32-28(22-5-3-2-4-6-22)18-24(19-30(27)32)21-8-12-25(33)13-9-21/h2-19,31H,1H3. The first-order valence-corrected chi connectivity index (χ1v) is 12.2. The fourth-order valence-corrected chi connectivity index (χ4v) is 5.43. The van der Waals surface area contributed by atoms with Crippen molar-refractivity contribution in [1.29, 1.82) is 0 Å². The zero-order valence-electron chi connectivity index (χ0n) is 18.7. The van der Waals surface area contributed by atoms with E-state index in [-0.39, 0.29) is 5.92 Å². The largest absolute Gasteiger partial charge is 0.0843 e. The summed E-state index contributed by atoms with van der Waals surface area (Å²) in [5, 5.41) is 1.50. The molecule has 0 saturated carbocycles. The lowest BCUT2D eigenvalue weighted by Crippen LogP contribution is -2.02. The van der Waals surface area contributed by atoms with E-state index in [1.54, 1.807) is 0 Å². The number of halogens is 2. The van der Waals surface area contributed by atoms with Crippen molar-refractivity contribution in [2.24, 2.45) is 0 Å². The second-order valence-corrected chi connectivity index (χ2v) is 9.81. The fourth-order valence-electron chi connectivity index (χ4n) is 5.18. The van der Waals surface area contributed by atoms with Gasteiger partial charge in [-0.1, -0.05) is 102 Å². The summed E-state index contributed by atoms with van der Waals surface area (Å²) < 4.78 is 0. The molecule has 0 spiro atoms. The first kappa shape index (κ1) is 21.2. The Morgan fingerprint density at radius 2 is 1.18 bits per heavy atom. The highest BCUT2D eigenvalue weighted by atomic mass is 35.5. The van der Waals surface area contributed by atoms with E-state index in [9.17, 15) is 0 Å². The summed E-state index contributed by atoms with van der Waals surface area (Å²) in [7, 11) is 0. The molecule has 5 aromatic carbocycles. The first-order valence-electron chi connectivity index (χ1n) is 11.4. The average Bonchev–Trinajstić information content (AvgIpc) is 3.18. The lowest BCUT2D eigenvalue weighted by molar-refractivity contribution is 1.01. The molecule has 0 radical (unpaired) electrons. The molecule has 0 N–H and O–H groups in total. The first-order chi connectivity index (χ1) is 16.6. The number of aryl methyl sites for hydroxylation is 1. The molecule has 0 saturated heterocycles. The molecular weight excluding hydrogens is 455 g/mol. The third-order valence-electron chi connectivity index (χ3n) is 6.74. The van der Waals surface area contributed by atoms with Crippen LogP contribution < -0.4 is 0 Å². The highest BCUT2D eigenvalue weighted by molar-refractivity contribution is 6.30. The van der Waals surface area contributed by atoms with Crippen LogP contribution in [0.2, 0.25) is 10.0 Å². The van der Waals surface area contributed by atoms with Crippen molar-refractivity contribution >= 4 is 23.2 Å². The molecule has 1 unspecified atom stereocenters. The minimum Gasteiger partial charge on any atom is -0.0843 e. The molecule has 0 aliphatic heterocycles. The van der Waals surface area contributed by atoms with E-state index in [1.165, 1.54) is 50.1 Å². The molecule has 2 heteroatoms. The minimum absolute atomic E-state index is 0.150.